The van der Waals surface area contributed by atoms with Crippen molar-refractivity contribution in [3.63, 3.8) is 0 Å². The summed E-state index contributed by atoms with van der Waals surface area (Å²) in [5, 5.41) is 14.6. The van der Waals surface area contributed by atoms with E-state index in [0.717, 1.165) is 6.26 Å². The Labute approximate surface area is 245 Å². The molecule has 3 N–H and O–H groups in total. The number of carboxylic acids is 1. The van der Waals surface area contributed by atoms with Crippen LogP contribution in [0.4, 0.5) is 9.59 Å². The van der Waals surface area contributed by atoms with Crippen molar-refractivity contribution in [2.24, 2.45) is 0 Å². The average molecular weight is 626 g/mol. The first-order chi connectivity index (χ1) is 19.2. The van der Waals surface area contributed by atoms with Crippen molar-refractivity contribution in [2.45, 2.75) is 30.8 Å². The predicted molar refractivity (Wildman–Crippen MR) is 150 cm³/mol. The molecule has 1 unspecified atom stereocenters. The second-order valence-corrected chi connectivity index (χ2v) is 13.0. The number of ether oxygens (including phenoxy) is 1. The molecule has 0 spiro atoms. The molecule has 4 rings (SSSR count). The molecule has 3 atom stereocenters. The van der Waals surface area contributed by atoms with Gasteiger partial charge in [-0.25, -0.2) is 32.0 Å². The lowest BCUT2D eigenvalue weighted by atomic mass is 9.88. The van der Waals surface area contributed by atoms with E-state index in [1.54, 1.807) is 37.3 Å². The Morgan fingerprint density at radius 3 is 2.44 bits per heavy atom. The van der Waals surface area contributed by atoms with Crippen molar-refractivity contribution in [3.8, 4) is 0 Å². The van der Waals surface area contributed by atoms with Crippen LogP contribution in [0.2, 0.25) is 0 Å². The van der Waals surface area contributed by atoms with E-state index in [2.05, 4.69) is 10.6 Å². The number of hydrogen-bond donors (Lipinski definition) is 3. The lowest BCUT2D eigenvalue weighted by Crippen LogP contribution is -2.78. The van der Waals surface area contributed by atoms with Crippen molar-refractivity contribution < 1.29 is 42.2 Å². The summed E-state index contributed by atoms with van der Waals surface area (Å²) >= 11 is 6.85. The van der Waals surface area contributed by atoms with Crippen LogP contribution in [0.3, 0.4) is 0 Å². The molecule has 0 saturated carbocycles. The Morgan fingerprint density at radius 1 is 1.22 bits per heavy atom. The largest absolute Gasteiger partial charge is 0.477 e. The highest BCUT2D eigenvalue weighted by Crippen LogP contribution is 2.47. The number of fused-ring (bicyclic) bond motifs is 1. The van der Waals surface area contributed by atoms with Crippen LogP contribution >= 0.6 is 24.0 Å². The highest BCUT2D eigenvalue weighted by Gasteiger charge is 2.60. The third kappa shape index (κ3) is 5.73. The Bertz CT molecular complexity index is 1470. The molecule has 1 aromatic rings. The SMILES string of the molecule is CC(=O)OCC1=C(C(=O)O)N2C(=S)[C@@](C)(NC(=O)C(NC(=O)N3CCN(S(C)(=O)=O)C3=O)c3ccccc3)[C@@H]2SC1. The van der Waals surface area contributed by atoms with E-state index in [1.807, 2.05) is 0 Å². The zero-order valence-corrected chi connectivity index (χ0v) is 24.6. The van der Waals surface area contributed by atoms with Crippen LogP contribution in [-0.4, -0.2) is 105 Å². The second-order valence-electron chi connectivity index (χ2n) is 9.63. The van der Waals surface area contributed by atoms with E-state index >= 15 is 0 Å². The third-order valence-electron chi connectivity index (χ3n) is 6.70. The highest BCUT2D eigenvalue weighted by atomic mass is 32.2. The number of carbonyl (C=O) groups is 5. The lowest BCUT2D eigenvalue weighted by molar-refractivity contribution is -0.140. The molecule has 1 aromatic carbocycles. The van der Waals surface area contributed by atoms with Gasteiger partial charge in [0.1, 0.15) is 34.2 Å². The molecule has 0 aliphatic carbocycles. The van der Waals surface area contributed by atoms with E-state index in [0.29, 0.717) is 20.3 Å². The molecule has 41 heavy (non-hydrogen) atoms. The van der Waals surface area contributed by atoms with E-state index < -0.39 is 56.9 Å². The summed E-state index contributed by atoms with van der Waals surface area (Å²) in [5.41, 5.74) is -0.583. The summed E-state index contributed by atoms with van der Waals surface area (Å²) in [4.78, 5) is 64.9. The number of carbonyl (C=O) groups excluding carboxylic acids is 4. The number of nitrogens with one attached hydrogen (secondary N) is 2. The van der Waals surface area contributed by atoms with Crippen molar-refractivity contribution >= 4 is 68.9 Å². The zero-order chi connectivity index (χ0) is 30.3. The minimum atomic E-state index is -3.88. The molecule has 220 valence electrons. The first-order valence-electron chi connectivity index (χ1n) is 12.2. The third-order valence-corrected chi connectivity index (χ3v) is 9.97. The van der Waals surface area contributed by atoms with Crippen LogP contribution in [0.25, 0.3) is 0 Å². The molecule has 2 saturated heterocycles. The number of thioether (sulfide) groups is 1. The Morgan fingerprint density at radius 2 is 1.88 bits per heavy atom. The monoisotopic (exact) mass is 625 g/mol. The number of thiocarbonyl (C=S) groups is 1. The van der Waals surface area contributed by atoms with Crippen LogP contribution in [0.1, 0.15) is 25.5 Å². The van der Waals surface area contributed by atoms with Gasteiger partial charge in [0.2, 0.25) is 15.9 Å². The summed E-state index contributed by atoms with van der Waals surface area (Å²) in [7, 11) is -3.88. The number of benzene rings is 1. The molecule has 0 radical (unpaired) electrons. The number of sulfonamides is 1. The van der Waals surface area contributed by atoms with Crippen molar-refractivity contribution in [1.82, 2.24) is 24.7 Å². The van der Waals surface area contributed by atoms with Gasteiger partial charge in [-0.05, 0) is 12.5 Å². The number of esters is 1. The summed E-state index contributed by atoms with van der Waals surface area (Å²) in [6.07, 6.45) is 0.853. The molecule has 5 amide bonds. The number of amides is 5. The number of urea groups is 2. The van der Waals surface area contributed by atoms with Gasteiger partial charge in [0.15, 0.2) is 0 Å². The molecule has 0 aromatic heterocycles. The molecule has 3 aliphatic rings. The molecule has 3 heterocycles. The molecular weight excluding hydrogens is 598 g/mol. The summed E-state index contributed by atoms with van der Waals surface area (Å²) in [6.45, 7) is 2.22. The van der Waals surface area contributed by atoms with Crippen molar-refractivity contribution in [1.29, 1.82) is 0 Å². The van der Waals surface area contributed by atoms with Gasteiger partial charge in [-0.3, -0.25) is 9.59 Å². The van der Waals surface area contributed by atoms with Crippen LogP contribution in [0.5, 0.6) is 0 Å². The van der Waals surface area contributed by atoms with E-state index in [-0.39, 0.29) is 36.1 Å². The molecule has 2 fully saturated rings. The topological polar surface area (TPSA) is 183 Å². The van der Waals surface area contributed by atoms with Gasteiger partial charge in [0.25, 0.3) is 0 Å². The van der Waals surface area contributed by atoms with Gasteiger partial charge >= 0.3 is 24.0 Å². The number of carboxylic acid groups (broad SMARTS) is 1. The molecule has 17 heteroatoms. The Balaban J connectivity index is 1.55. The van der Waals surface area contributed by atoms with E-state index in [4.69, 9.17) is 17.0 Å². The Kier molecular flexibility index (Phi) is 8.33. The quantitative estimate of drug-likeness (QED) is 0.271. The molecule has 3 aliphatic heterocycles. The number of aliphatic carboxylic acids is 1. The number of hydrogen-bond acceptors (Lipinski definition) is 10. The van der Waals surface area contributed by atoms with E-state index in [1.165, 1.54) is 23.6 Å². The van der Waals surface area contributed by atoms with Crippen LogP contribution in [0.15, 0.2) is 41.6 Å². The van der Waals surface area contributed by atoms with Crippen molar-refractivity contribution in [3.05, 3.63) is 47.2 Å². The fourth-order valence-corrected chi connectivity index (χ4v) is 7.43. The summed E-state index contributed by atoms with van der Waals surface area (Å²) in [5.74, 6) is -2.31. The predicted octanol–water partition coefficient (Wildman–Crippen LogP) is 0.627. The minimum Gasteiger partial charge on any atom is -0.477 e. The first-order valence-corrected chi connectivity index (χ1v) is 15.5. The number of nitrogens with zero attached hydrogens (tertiary/aromatic N) is 3. The smallest absolute Gasteiger partial charge is 0.352 e. The van der Waals surface area contributed by atoms with Crippen LogP contribution in [0, 0.1) is 0 Å². The maximum Gasteiger partial charge on any atom is 0.352 e. The fraction of sp³-hybridized carbons (Fsp3) is 0.417. The van der Waals surface area contributed by atoms with Gasteiger partial charge < -0.3 is 25.4 Å². The lowest BCUT2D eigenvalue weighted by Gasteiger charge is -2.58. The van der Waals surface area contributed by atoms with E-state index in [9.17, 15) is 37.5 Å². The maximum absolute atomic E-state index is 13.7. The number of rotatable bonds is 8. The molecular formula is C24H27N5O9S3. The average Bonchev–Trinajstić information content (AvgIpc) is 3.31. The van der Waals surface area contributed by atoms with Gasteiger partial charge in [-0.2, -0.15) is 0 Å². The molecule has 14 nitrogen and oxygen atoms in total. The normalized spacial score (nSPS) is 23.0. The van der Waals surface area contributed by atoms with Crippen LogP contribution in [-0.2, 0) is 29.1 Å². The van der Waals surface area contributed by atoms with Gasteiger partial charge in [0, 0.05) is 18.2 Å². The molecule has 0 bridgehead atoms. The Hall–Kier alpha value is -3.70. The maximum atomic E-state index is 13.7. The standard InChI is InChI=1S/C24H27N5O9S3/c1-13(30)38-11-15-12-40-21-24(2,20(39)29(21)17(15)19(32)33)26-18(31)16(14-7-5-4-6-8-14)25-22(34)27-9-10-28(23(27)35)41(3,36)37/h4-8,16,21H,9-12H2,1-3H3,(H,25,34)(H,26,31)(H,32,33)/t16?,21-,24+/m0/s1. The first kappa shape index (κ1) is 30.3. The van der Waals surface area contributed by atoms with Crippen LogP contribution < -0.4 is 10.6 Å². The van der Waals surface area contributed by atoms with Gasteiger partial charge in [0.05, 0.1) is 19.3 Å². The summed E-state index contributed by atoms with van der Waals surface area (Å²) < 4.78 is 29.3. The minimum absolute atomic E-state index is 0.109. The highest BCUT2D eigenvalue weighted by molar-refractivity contribution is 8.00. The zero-order valence-electron chi connectivity index (χ0n) is 22.1. The van der Waals surface area contributed by atoms with Gasteiger partial charge in [-0.15, -0.1) is 11.8 Å². The number of imide groups is 1. The van der Waals surface area contributed by atoms with Crippen molar-refractivity contribution in [2.75, 3.05) is 31.7 Å². The fourth-order valence-electron chi connectivity index (χ4n) is 4.69. The second kappa shape index (κ2) is 11.3. The summed E-state index contributed by atoms with van der Waals surface area (Å²) in [6, 6.07) is 4.89. The van der Waals surface area contributed by atoms with Gasteiger partial charge in [-0.1, -0.05) is 42.5 Å².